The third-order valence-corrected chi connectivity index (χ3v) is 5.64. The number of fused-ring (bicyclic) bond motifs is 1. The van der Waals surface area contributed by atoms with E-state index < -0.39 is 6.10 Å². The van der Waals surface area contributed by atoms with Crippen molar-refractivity contribution in [3.05, 3.63) is 48.0 Å². The molecule has 7 heteroatoms. The molecule has 1 aromatic carbocycles. The molecule has 0 saturated heterocycles. The lowest BCUT2D eigenvalue weighted by molar-refractivity contribution is 0.0820. The molecule has 3 aromatic rings. The molecule has 28 heavy (non-hydrogen) atoms. The number of aromatic nitrogens is 4. The molecule has 0 radical (unpaired) electrons. The number of hydrogen-bond acceptors (Lipinski definition) is 6. The summed E-state index contributed by atoms with van der Waals surface area (Å²) >= 11 is 0. The van der Waals surface area contributed by atoms with Crippen molar-refractivity contribution < 1.29 is 10.2 Å². The highest BCUT2D eigenvalue weighted by Gasteiger charge is 2.27. The summed E-state index contributed by atoms with van der Waals surface area (Å²) in [5.41, 5.74) is 3.99. The average Bonchev–Trinajstić information content (AvgIpc) is 3.38. The Morgan fingerprint density at radius 3 is 2.71 bits per heavy atom. The molecular weight excluding hydrogens is 354 g/mol. The first-order chi connectivity index (χ1) is 13.7. The fourth-order valence-electron chi connectivity index (χ4n) is 4.06. The first-order valence-electron chi connectivity index (χ1n) is 9.93. The van der Waals surface area contributed by atoms with Crippen LogP contribution in [-0.2, 0) is 13.1 Å². The normalized spacial score (nSPS) is 16.0. The maximum Gasteiger partial charge on any atom is 0.165 e. The van der Waals surface area contributed by atoms with Crippen molar-refractivity contribution in [2.24, 2.45) is 0 Å². The van der Waals surface area contributed by atoms with Gasteiger partial charge in [-0.2, -0.15) is 0 Å². The van der Waals surface area contributed by atoms with Gasteiger partial charge in [-0.3, -0.25) is 0 Å². The Kier molecular flexibility index (Phi) is 5.54. The van der Waals surface area contributed by atoms with Gasteiger partial charge in [-0.05, 0) is 30.9 Å². The minimum Gasteiger partial charge on any atom is -0.394 e. The van der Waals surface area contributed by atoms with E-state index in [9.17, 15) is 5.11 Å². The van der Waals surface area contributed by atoms with Crippen molar-refractivity contribution in [3.8, 4) is 0 Å². The van der Waals surface area contributed by atoms with E-state index in [2.05, 4.69) is 51.0 Å². The molecule has 1 atom stereocenters. The third-order valence-electron chi connectivity index (χ3n) is 5.64. The molecule has 4 rings (SSSR count). The Hall–Kier alpha value is -2.51. The van der Waals surface area contributed by atoms with E-state index in [-0.39, 0.29) is 13.2 Å². The number of hydrogen-bond donors (Lipinski definition) is 2. The van der Waals surface area contributed by atoms with Crippen LogP contribution in [0.2, 0.25) is 0 Å². The van der Waals surface area contributed by atoms with Gasteiger partial charge in [0.05, 0.1) is 25.6 Å². The van der Waals surface area contributed by atoms with Crippen molar-refractivity contribution >= 4 is 17.0 Å². The number of rotatable bonds is 7. The lowest BCUT2D eigenvalue weighted by Gasteiger charge is -2.30. The molecule has 2 aromatic heterocycles. The maximum absolute atomic E-state index is 9.81. The van der Waals surface area contributed by atoms with Crippen LogP contribution in [0, 0.1) is 6.92 Å². The van der Waals surface area contributed by atoms with Crippen molar-refractivity contribution in [2.45, 2.75) is 57.8 Å². The van der Waals surface area contributed by atoms with E-state index in [1.54, 1.807) is 17.2 Å². The lowest BCUT2D eigenvalue weighted by atomic mass is 10.1. The molecule has 2 N–H and O–H groups in total. The minimum atomic E-state index is -0.839. The predicted octanol–water partition coefficient (Wildman–Crippen LogP) is 2.44. The molecule has 1 unspecified atom stereocenters. The summed E-state index contributed by atoms with van der Waals surface area (Å²) in [6, 6.07) is 8.89. The average molecular weight is 381 g/mol. The van der Waals surface area contributed by atoms with Gasteiger partial charge in [-0.15, -0.1) is 0 Å². The molecule has 2 heterocycles. The summed E-state index contributed by atoms with van der Waals surface area (Å²) in [5.74, 6) is 0.845. The molecule has 1 aliphatic carbocycles. The van der Waals surface area contributed by atoms with E-state index in [1.165, 1.54) is 24.0 Å². The second-order valence-corrected chi connectivity index (χ2v) is 7.60. The van der Waals surface area contributed by atoms with Gasteiger partial charge in [-0.25, -0.2) is 15.0 Å². The van der Waals surface area contributed by atoms with Gasteiger partial charge < -0.3 is 19.7 Å². The fourth-order valence-corrected chi connectivity index (χ4v) is 4.06. The Morgan fingerprint density at radius 2 is 1.96 bits per heavy atom. The zero-order valence-electron chi connectivity index (χ0n) is 16.2. The smallest absolute Gasteiger partial charge is 0.165 e. The van der Waals surface area contributed by atoms with Gasteiger partial charge in [0, 0.05) is 12.6 Å². The largest absolute Gasteiger partial charge is 0.394 e. The van der Waals surface area contributed by atoms with E-state index in [0.29, 0.717) is 11.7 Å². The molecule has 148 valence electrons. The van der Waals surface area contributed by atoms with Crippen molar-refractivity contribution in [3.63, 3.8) is 0 Å². The van der Waals surface area contributed by atoms with Gasteiger partial charge in [0.15, 0.2) is 17.0 Å². The molecule has 1 saturated carbocycles. The van der Waals surface area contributed by atoms with Crippen LogP contribution in [0.15, 0.2) is 36.9 Å². The lowest BCUT2D eigenvalue weighted by Crippen LogP contribution is -2.34. The van der Waals surface area contributed by atoms with E-state index in [1.807, 2.05) is 0 Å². The Labute approximate surface area is 164 Å². The zero-order chi connectivity index (χ0) is 19.5. The van der Waals surface area contributed by atoms with Crippen LogP contribution in [0.5, 0.6) is 0 Å². The Balaban J connectivity index is 1.73. The van der Waals surface area contributed by atoms with Gasteiger partial charge in [-0.1, -0.05) is 37.1 Å². The highest BCUT2D eigenvalue weighted by molar-refractivity contribution is 5.83. The first-order valence-corrected chi connectivity index (χ1v) is 9.93. The SMILES string of the molecule is Cc1ccccc1CN(c1ncnc2c1ncn2CC(O)CO)C1CCCC1. The summed E-state index contributed by atoms with van der Waals surface area (Å²) in [6.45, 7) is 2.89. The van der Waals surface area contributed by atoms with Gasteiger partial charge >= 0.3 is 0 Å². The highest BCUT2D eigenvalue weighted by atomic mass is 16.3. The molecular formula is C21H27N5O2. The number of aliphatic hydroxyl groups is 2. The topological polar surface area (TPSA) is 87.3 Å². The molecule has 1 aliphatic rings. The van der Waals surface area contributed by atoms with Crippen LogP contribution in [0.4, 0.5) is 5.82 Å². The first kappa shape index (κ1) is 18.8. The number of imidazole rings is 1. The molecule has 0 spiro atoms. The zero-order valence-corrected chi connectivity index (χ0v) is 16.2. The van der Waals surface area contributed by atoms with Crippen LogP contribution in [-0.4, -0.2) is 48.5 Å². The van der Waals surface area contributed by atoms with Crippen molar-refractivity contribution in [2.75, 3.05) is 11.5 Å². The van der Waals surface area contributed by atoms with Gasteiger partial charge in [0.2, 0.25) is 0 Å². The quantitative estimate of drug-likeness (QED) is 0.654. The molecule has 7 nitrogen and oxygen atoms in total. The molecule has 1 fully saturated rings. The standard InChI is InChI=1S/C21H27N5O2/c1-15-6-2-3-7-16(15)10-26(17-8-4-5-9-17)21-19-20(22-13-23-21)25(14-24-19)11-18(28)12-27/h2-3,6-7,13-14,17-18,27-28H,4-5,8-12H2,1H3. The number of aryl methyl sites for hydroxylation is 1. The number of nitrogens with zero attached hydrogens (tertiary/aromatic N) is 5. The fraction of sp³-hybridized carbons (Fsp3) is 0.476. The van der Waals surface area contributed by atoms with Crippen molar-refractivity contribution in [1.82, 2.24) is 19.5 Å². The Morgan fingerprint density at radius 1 is 1.18 bits per heavy atom. The summed E-state index contributed by atoms with van der Waals surface area (Å²) < 4.78 is 1.78. The van der Waals surface area contributed by atoms with E-state index >= 15 is 0 Å². The molecule has 0 aliphatic heterocycles. The maximum atomic E-state index is 9.81. The van der Waals surface area contributed by atoms with Crippen LogP contribution < -0.4 is 4.90 Å². The third kappa shape index (κ3) is 3.72. The van der Waals surface area contributed by atoms with E-state index in [4.69, 9.17) is 5.11 Å². The van der Waals surface area contributed by atoms with Crippen LogP contribution in [0.1, 0.15) is 36.8 Å². The highest BCUT2D eigenvalue weighted by Crippen LogP contribution is 2.32. The number of benzene rings is 1. The van der Waals surface area contributed by atoms with Crippen molar-refractivity contribution in [1.29, 1.82) is 0 Å². The number of anilines is 1. The second-order valence-electron chi connectivity index (χ2n) is 7.60. The summed E-state index contributed by atoms with van der Waals surface area (Å²) in [5, 5.41) is 19.0. The summed E-state index contributed by atoms with van der Waals surface area (Å²) in [7, 11) is 0. The second kappa shape index (κ2) is 8.24. The summed E-state index contributed by atoms with van der Waals surface area (Å²) in [4.78, 5) is 16.0. The van der Waals surface area contributed by atoms with Crippen LogP contribution in [0.25, 0.3) is 11.2 Å². The Bertz CT molecular complexity index is 935. The van der Waals surface area contributed by atoms with Gasteiger partial charge in [0.25, 0.3) is 0 Å². The molecule has 0 bridgehead atoms. The van der Waals surface area contributed by atoms with Crippen LogP contribution >= 0.6 is 0 Å². The minimum absolute atomic E-state index is 0.255. The summed E-state index contributed by atoms with van der Waals surface area (Å²) in [6.07, 6.45) is 7.18. The number of aliphatic hydroxyl groups excluding tert-OH is 2. The molecule has 0 amide bonds. The monoisotopic (exact) mass is 381 g/mol. The van der Waals surface area contributed by atoms with Gasteiger partial charge in [0.1, 0.15) is 6.33 Å². The van der Waals surface area contributed by atoms with E-state index in [0.717, 1.165) is 30.7 Å². The van der Waals surface area contributed by atoms with Crippen LogP contribution in [0.3, 0.4) is 0 Å². The predicted molar refractivity (Wildman–Crippen MR) is 108 cm³/mol.